The van der Waals surface area contributed by atoms with E-state index in [9.17, 15) is 9.59 Å². The molecule has 2 N–H and O–H groups in total. The average Bonchev–Trinajstić information content (AvgIpc) is 3.04. The first-order valence-corrected chi connectivity index (χ1v) is 7.04. The molecule has 0 spiro atoms. The Labute approximate surface area is 117 Å². The zero-order valence-electron chi connectivity index (χ0n) is 11.2. The Morgan fingerprint density at radius 1 is 1.25 bits per heavy atom. The molecular weight excluding hydrogens is 256 g/mol. The van der Waals surface area contributed by atoms with E-state index in [2.05, 4.69) is 5.32 Å². The number of benzene rings is 1. The lowest BCUT2D eigenvalue weighted by Gasteiger charge is -2.21. The summed E-state index contributed by atoms with van der Waals surface area (Å²) in [6.45, 7) is 0.695. The zero-order chi connectivity index (χ0) is 14.1. The summed E-state index contributed by atoms with van der Waals surface area (Å²) in [5.41, 5.74) is 2.16. The number of aliphatic carboxylic acids is 1. The Kier molecular flexibility index (Phi) is 3.34. The molecule has 2 aliphatic rings. The highest BCUT2D eigenvalue weighted by Gasteiger charge is 2.32. The molecule has 20 heavy (non-hydrogen) atoms. The fourth-order valence-corrected chi connectivity index (χ4v) is 3.14. The number of carboxylic acids is 1. The van der Waals surface area contributed by atoms with E-state index in [0.29, 0.717) is 19.4 Å². The van der Waals surface area contributed by atoms with Crippen molar-refractivity contribution in [2.75, 3.05) is 11.4 Å². The standard InChI is InChI=1S/C15H18N2O3/c18-14(19)11-5-6-12(9-11)16-15(20)17-8-7-10-3-1-2-4-13(10)17/h1-4,11-12H,5-9H2,(H,16,20)(H,18,19)/t11-,12+/m1/s1. The van der Waals surface area contributed by atoms with Crippen LogP contribution in [0.3, 0.4) is 0 Å². The van der Waals surface area contributed by atoms with Gasteiger partial charge < -0.3 is 10.4 Å². The van der Waals surface area contributed by atoms with Gasteiger partial charge >= 0.3 is 12.0 Å². The van der Waals surface area contributed by atoms with Crippen LogP contribution in [-0.2, 0) is 11.2 Å². The highest BCUT2D eigenvalue weighted by Crippen LogP contribution is 2.29. The Balaban J connectivity index is 1.63. The number of carbonyl (C=O) groups is 2. The average molecular weight is 274 g/mol. The van der Waals surface area contributed by atoms with Crippen molar-refractivity contribution < 1.29 is 14.7 Å². The largest absolute Gasteiger partial charge is 0.481 e. The fourth-order valence-electron chi connectivity index (χ4n) is 3.14. The Hall–Kier alpha value is -2.04. The monoisotopic (exact) mass is 274 g/mol. The predicted octanol–water partition coefficient (Wildman–Crippen LogP) is 2.01. The maximum atomic E-state index is 12.3. The van der Waals surface area contributed by atoms with Crippen molar-refractivity contribution in [3.63, 3.8) is 0 Å². The summed E-state index contributed by atoms with van der Waals surface area (Å²) in [6, 6.07) is 7.78. The van der Waals surface area contributed by atoms with Crippen molar-refractivity contribution >= 4 is 17.7 Å². The van der Waals surface area contributed by atoms with E-state index >= 15 is 0 Å². The Morgan fingerprint density at radius 2 is 2.05 bits per heavy atom. The molecule has 0 radical (unpaired) electrons. The quantitative estimate of drug-likeness (QED) is 0.866. The molecule has 1 aromatic carbocycles. The number of nitrogens with zero attached hydrogens (tertiary/aromatic N) is 1. The van der Waals surface area contributed by atoms with Gasteiger partial charge in [0.1, 0.15) is 0 Å². The van der Waals surface area contributed by atoms with Crippen LogP contribution in [0.2, 0.25) is 0 Å². The first kappa shape index (κ1) is 13.0. The van der Waals surface area contributed by atoms with Gasteiger partial charge in [-0.05, 0) is 37.3 Å². The third kappa shape index (κ3) is 2.35. The molecule has 0 aromatic heterocycles. The van der Waals surface area contributed by atoms with Crippen molar-refractivity contribution in [3.05, 3.63) is 29.8 Å². The summed E-state index contributed by atoms with van der Waals surface area (Å²) in [4.78, 5) is 25.0. The summed E-state index contributed by atoms with van der Waals surface area (Å²) in [6.07, 6.45) is 2.82. The summed E-state index contributed by atoms with van der Waals surface area (Å²) in [5.74, 6) is -1.07. The number of nitrogens with one attached hydrogen (secondary N) is 1. The predicted molar refractivity (Wildman–Crippen MR) is 74.8 cm³/mol. The SMILES string of the molecule is O=C(O)[C@@H]1CC[C@H](NC(=O)N2CCc3ccccc32)C1. The maximum absolute atomic E-state index is 12.3. The fraction of sp³-hybridized carbons (Fsp3) is 0.467. The zero-order valence-corrected chi connectivity index (χ0v) is 11.2. The van der Waals surface area contributed by atoms with Crippen molar-refractivity contribution in [2.24, 2.45) is 5.92 Å². The van der Waals surface area contributed by atoms with Gasteiger partial charge in [-0.1, -0.05) is 18.2 Å². The van der Waals surface area contributed by atoms with E-state index in [-0.39, 0.29) is 18.0 Å². The molecule has 1 heterocycles. The van der Waals surface area contributed by atoms with E-state index in [1.807, 2.05) is 24.3 Å². The highest BCUT2D eigenvalue weighted by atomic mass is 16.4. The van der Waals surface area contributed by atoms with Gasteiger partial charge in [-0.2, -0.15) is 0 Å². The van der Waals surface area contributed by atoms with Gasteiger partial charge in [0, 0.05) is 18.3 Å². The first-order valence-electron chi connectivity index (χ1n) is 7.04. The van der Waals surface area contributed by atoms with E-state index < -0.39 is 5.97 Å². The van der Waals surface area contributed by atoms with Crippen LogP contribution >= 0.6 is 0 Å². The molecule has 106 valence electrons. The summed E-state index contributed by atoms with van der Waals surface area (Å²) in [5, 5.41) is 12.0. The van der Waals surface area contributed by atoms with Crippen LogP contribution < -0.4 is 10.2 Å². The van der Waals surface area contributed by atoms with Crippen molar-refractivity contribution in [2.45, 2.75) is 31.7 Å². The van der Waals surface area contributed by atoms with E-state index in [1.54, 1.807) is 4.90 Å². The van der Waals surface area contributed by atoms with Gasteiger partial charge in [-0.15, -0.1) is 0 Å². The van der Waals surface area contributed by atoms with E-state index in [4.69, 9.17) is 5.11 Å². The topological polar surface area (TPSA) is 69.6 Å². The molecular formula is C15H18N2O3. The third-order valence-corrected chi connectivity index (χ3v) is 4.24. The number of para-hydroxylation sites is 1. The molecule has 2 amide bonds. The van der Waals surface area contributed by atoms with E-state index in [0.717, 1.165) is 18.5 Å². The number of amides is 2. The van der Waals surface area contributed by atoms with Crippen molar-refractivity contribution in [1.82, 2.24) is 5.32 Å². The lowest BCUT2D eigenvalue weighted by molar-refractivity contribution is -0.141. The number of hydrogen-bond acceptors (Lipinski definition) is 2. The summed E-state index contributed by atoms with van der Waals surface area (Å²) < 4.78 is 0. The minimum absolute atomic E-state index is 0.0173. The molecule has 1 saturated carbocycles. The minimum atomic E-state index is -0.756. The molecule has 5 heteroatoms. The molecule has 0 saturated heterocycles. The van der Waals surface area contributed by atoms with Crippen LogP contribution in [0.1, 0.15) is 24.8 Å². The Morgan fingerprint density at radius 3 is 2.80 bits per heavy atom. The molecule has 2 atom stereocenters. The number of urea groups is 1. The lowest BCUT2D eigenvalue weighted by atomic mass is 10.1. The summed E-state index contributed by atoms with van der Waals surface area (Å²) >= 11 is 0. The molecule has 1 aliphatic carbocycles. The van der Waals surface area contributed by atoms with E-state index in [1.165, 1.54) is 5.56 Å². The van der Waals surface area contributed by atoms with Gasteiger partial charge in [-0.3, -0.25) is 9.69 Å². The van der Waals surface area contributed by atoms with Crippen LogP contribution in [0.15, 0.2) is 24.3 Å². The summed E-state index contributed by atoms with van der Waals surface area (Å²) in [7, 11) is 0. The maximum Gasteiger partial charge on any atom is 0.322 e. The number of carboxylic acid groups (broad SMARTS) is 1. The molecule has 3 rings (SSSR count). The molecule has 1 fully saturated rings. The lowest BCUT2D eigenvalue weighted by Crippen LogP contribution is -2.43. The highest BCUT2D eigenvalue weighted by molar-refractivity contribution is 5.94. The first-order chi connectivity index (χ1) is 9.65. The smallest absolute Gasteiger partial charge is 0.322 e. The number of carbonyl (C=O) groups excluding carboxylic acids is 1. The second-order valence-corrected chi connectivity index (χ2v) is 5.52. The number of rotatable bonds is 2. The number of hydrogen-bond donors (Lipinski definition) is 2. The normalized spacial score (nSPS) is 24.5. The second kappa shape index (κ2) is 5.15. The molecule has 1 aliphatic heterocycles. The van der Waals surface area contributed by atoms with Gasteiger partial charge in [0.25, 0.3) is 0 Å². The Bertz CT molecular complexity index is 544. The molecule has 0 bridgehead atoms. The van der Waals surface area contributed by atoms with Crippen molar-refractivity contribution in [3.8, 4) is 0 Å². The molecule has 1 aromatic rings. The van der Waals surface area contributed by atoms with Crippen LogP contribution in [0, 0.1) is 5.92 Å². The minimum Gasteiger partial charge on any atom is -0.481 e. The van der Waals surface area contributed by atoms with Gasteiger partial charge in [0.05, 0.1) is 5.92 Å². The molecule has 5 nitrogen and oxygen atoms in total. The van der Waals surface area contributed by atoms with Crippen LogP contribution in [0.5, 0.6) is 0 Å². The number of fused-ring (bicyclic) bond motifs is 1. The molecule has 0 unspecified atom stereocenters. The van der Waals surface area contributed by atoms with Crippen molar-refractivity contribution in [1.29, 1.82) is 0 Å². The van der Waals surface area contributed by atoms with Crippen LogP contribution in [-0.4, -0.2) is 29.7 Å². The van der Waals surface area contributed by atoms with Crippen LogP contribution in [0.25, 0.3) is 0 Å². The van der Waals surface area contributed by atoms with Gasteiger partial charge in [0.2, 0.25) is 0 Å². The third-order valence-electron chi connectivity index (χ3n) is 4.24. The van der Waals surface area contributed by atoms with Gasteiger partial charge in [0.15, 0.2) is 0 Å². The number of anilines is 1. The van der Waals surface area contributed by atoms with Crippen LogP contribution in [0.4, 0.5) is 10.5 Å². The second-order valence-electron chi connectivity index (χ2n) is 5.52. The van der Waals surface area contributed by atoms with Gasteiger partial charge in [-0.25, -0.2) is 4.79 Å².